The fraction of sp³-hybridized carbons (Fsp3) is 0.0667. The zero-order valence-electron chi connectivity index (χ0n) is 10.6. The predicted octanol–water partition coefficient (Wildman–Crippen LogP) is 3.46. The first-order chi connectivity index (χ1) is 9.74. The van der Waals surface area contributed by atoms with Crippen molar-refractivity contribution in [3.05, 3.63) is 64.8 Å². The molecule has 0 aliphatic heterocycles. The third-order valence-corrected chi connectivity index (χ3v) is 3.70. The minimum Gasteiger partial charge on any atom is -0.508 e. The summed E-state index contributed by atoms with van der Waals surface area (Å²) in [5.74, 6) is 0.269. The summed E-state index contributed by atoms with van der Waals surface area (Å²) in [7, 11) is 0. The molecular formula is C15H12BrN3O. The van der Waals surface area contributed by atoms with Gasteiger partial charge >= 0.3 is 0 Å². The van der Waals surface area contributed by atoms with Gasteiger partial charge in [-0.2, -0.15) is 0 Å². The highest BCUT2D eigenvalue weighted by Gasteiger charge is 2.08. The molecule has 1 heterocycles. The van der Waals surface area contributed by atoms with Crippen LogP contribution in [0.4, 0.5) is 0 Å². The van der Waals surface area contributed by atoms with Crippen LogP contribution in [0.25, 0.3) is 11.3 Å². The summed E-state index contributed by atoms with van der Waals surface area (Å²) in [4.78, 5) is 0. The van der Waals surface area contributed by atoms with E-state index in [0.29, 0.717) is 6.54 Å². The molecule has 0 atom stereocenters. The molecule has 0 unspecified atom stereocenters. The summed E-state index contributed by atoms with van der Waals surface area (Å²) in [5, 5.41) is 18.0. The molecule has 2 aromatic carbocycles. The van der Waals surface area contributed by atoms with Gasteiger partial charge in [-0.3, -0.25) is 0 Å². The van der Waals surface area contributed by atoms with Crippen LogP contribution in [0.3, 0.4) is 0 Å². The number of phenols is 1. The molecule has 5 heteroatoms. The zero-order valence-corrected chi connectivity index (χ0v) is 12.2. The van der Waals surface area contributed by atoms with Gasteiger partial charge in [-0.05, 0) is 12.1 Å². The lowest BCUT2D eigenvalue weighted by molar-refractivity contribution is 0.463. The van der Waals surface area contributed by atoms with Crippen molar-refractivity contribution in [1.82, 2.24) is 15.0 Å². The molecule has 0 aliphatic carbocycles. The molecule has 0 spiro atoms. The van der Waals surface area contributed by atoms with Gasteiger partial charge in [0.05, 0.1) is 12.7 Å². The topological polar surface area (TPSA) is 50.9 Å². The Kier molecular flexibility index (Phi) is 3.52. The molecule has 0 amide bonds. The van der Waals surface area contributed by atoms with Crippen molar-refractivity contribution in [3.8, 4) is 17.0 Å². The molecule has 100 valence electrons. The molecule has 3 rings (SSSR count). The van der Waals surface area contributed by atoms with Crippen LogP contribution in [0.5, 0.6) is 5.75 Å². The smallest absolute Gasteiger partial charge is 0.120 e. The maximum atomic E-state index is 9.77. The fourth-order valence-corrected chi connectivity index (χ4v) is 2.47. The van der Waals surface area contributed by atoms with E-state index in [0.717, 1.165) is 21.3 Å². The number of phenolic OH excluding ortho intramolecular Hbond substituents is 1. The van der Waals surface area contributed by atoms with Crippen LogP contribution in [0.1, 0.15) is 5.56 Å². The Morgan fingerprint density at radius 1 is 1.05 bits per heavy atom. The van der Waals surface area contributed by atoms with E-state index in [4.69, 9.17) is 0 Å². The van der Waals surface area contributed by atoms with Crippen LogP contribution < -0.4 is 0 Å². The first-order valence-electron chi connectivity index (χ1n) is 6.16. The second-order valence-corrected chi connectivity index (χ2v) is 5.26. The summed E-state index contributed by atoms with van der Waals surface area (Å²) in [6.07, 6.45) is 1.87. The Labute approximate surface area is 124 Å². The van der Waals surface area contributed by atoms with Crippen molar-refractivity contribution in [2.75, 3.05) is 0 Å². The van der Waals surface area contributed by atoms with Gasteiger partial charge in [0.15, 0.2) is 0 Å². The van der Waals surface area contributed by atoms with Gasteiger partial charge in [0.25, 0.3) is 0 Å². The second kappa shape index (κ2) is 5.46. The molecule has 1 aromatic heterocycles. The van der Waals surface area contributed by atoms with Crippen molar-refractivity contribution in [2.24, 2.45) is 0 Å². The van der Waals surface area contributed by atoms with Crippen molar-refractivity contribution < 1.29 is 5.11 Å². The van der Waals surface area contributed by atoms with E-state index in [1.165, 1.54) is 0 Å². The predicted molar refractivity (Wildman–Crippen MR) is 80.4 cm³/mol. The van der Waals surface area contributed by atoms with Crippen molar-refractivity contribution in [1.29, 1.82) is 0 Å². The zero-order chi connectivity index (χ0) is 13.9. The molecule has 0 saturated heterocycles. The highest BCUT2D eigenvalue weighted by molar-refractivity contribution is 9.10. The van der Waals surface area contributed by atoms with E-state index < -0.39 is 0 Å². The lowest BCUT2D eigenvalue weighted by atomic mass is 10.2. The van der Waals surface area contributed by atoms with E-state index in [-0.39, 0.29) is 5.75 Å². The van der Waals surface area contributed by atoms with Gasteiger partial charge in [-0.25, -0.2) is 4.68 Å². The van der Waals surface area contributed by atoms with Gasteiger partial charge in [0.1, 0.15) is 11.4 Å². The summed E-state index contributed by atoms with van der Waals surface area (Å²) in [6.45, 7) is 0.490. The average molecular weight is 330 g/mol. The summed E-state index contributed by atoms with van der Waals surface area (Å²) in [6, 6.07) is 15.1. The molecule has 1 N–H and O–H groups in total. The number of hydrogen-bond donors (Lipinski definition) is 1. The molecule has 0 saturated carbocycles. The van der Waals surface area contributed by atoms with Crippen LogP contribution in [-0.4, -0.2) is 20.1 Å². The van der Waals surface area contributed by atoms with E-state index in [9.17, 15) is 5.11 Å². The molecule has 0 fully saturated rings. The molecule has 0 radical (unpaired) electrons. The van der Waals surface area contributed by atoms with Gasteiger partial charge in [0.2, 0.25) is 0 Å². The Hall–Kier alpha value is -2.14. The van der Waals surface area contributed by atoms with E-state index in [2.05, 4.69) is 26.2 Å². The van der Waals surface area contributed by atoms with E-state index in [1.54, 1.807) is 16.8 Å². The molecule has 3 aromatic rings. The van der Waals surface area contributed by atoms with Crippen LogP contribution >= 0.6 is 15.9 Å². The van der Waals surface area contributed by atoms with Gasteiger partial charge in [-0.15, -0.1) is 5.10 Å². The molecule has 0 bridgehead atoms. The maximum Gasteiger partial charge on any atom is 0.120 e. The first kappa shape index (κ1) is 12.9. The minimum absolute atomic E-state index is 0.269. The third-order valence-electron chi connectivity index (χ3n) is 3.01. The van der Waals surface area contributed by atoms with Gasteiger partial charge < -0.3 is 5.11 Å². The summed E-state index contributed by atoms with van der Waals surface area (Å²) < 4.78 is 2.69. The summed E-state index contributed by atoms with van der Waals surface area (Å²) >= 11 is 3.50. The average Bonchev–Trinajstić information content (AvgIpc) is 2.90. The first-order valence-corrected chi connectivity index (χ1v) is 6.95. The van der Waals surface area contributed by atoms with E-state index >= 15 is 0 Å². The van der Waals surface area contributed by atoms with Crippen molar-refractivity contribution in [3.63, 3.8) is 0 Å². The second-order valence-electron chi connectivity index (χ2n) is 4.41. The van der Waals surface area contributed by atoms with Crippen LogP contribution in [0.15, 0.2) is 59.2 Å². The number of benzene rings is 2. The van der Waals surface area contributed by atoms with Crippen molar-refractivity contribution >= 4 is 15.9 Å². The number of para-hydroxylation sites is 1. The Morgan fingerprint density at radius 2 is 1.80 bits per heavy atom. The summed E-state index contributed by atoms with van der Waals surface area (Å²) in [5.41, 5.74) is 2.61. The Balaban J connectivity index is 1.88. The molecule has 20 heavy (non-hydrogen) atoms. The lowest BCUT2D eigenvalue weighted by Crippen LogP contribution is -2.00. The number of nitrogens with zero attached hydrogens (tertiary/aromatic N) is 3. The lowest BCUT2D eigenvalue weighted by Gasteiger charge is -2.03. The number of hydrogen-bond acceptors (Lipinski definition) is 3. The van der Waals surface area contributed by atoms with Crippen LogP contribution in [0, 0.1) is 0 Å². The number of aromatic hydroxyl groups is 1. The fourth-order valence-electron chi connectivity index (χ4n) is 1.99. The highest BCUT2D eigenvalue weighted by Crippen LogP contribution is 2.26. The third kappa shape index (κ3) is 2.58. The van der Waals surface area contributed by atoms with Gasteiger partial charge in [0, 0.05) is 15.6 Å². The quantitative estimate of drug-likeness (QED) is 0.800. The normalized spacial score (nSPS) is 10.7. The van der Waals surface area contributed by atoms with Crippen LogP contribution in [0.2, 0.25) is 0 Å². The molecule has 4 nitrogen and oxygen atoms in total. The standard InChI is InChI=1S/C15H12BrN3O/c16-13-7-3-2-6-12(13)14-10-19(18-17-14)9-11-5-1-4-8-15(11)20/h1-8,10,20H,9H2. The van der Waals surface area contributed by atoms with Crippen LogP contribution in [-0.2, 0) is 6.54 Å². The number of rotatable bonds is 3. The maximum absolute atomic E-state index is 9.77. The van der Waals surface area contributed by atoms with E-state index in [1.807, 2.05) is 42.6 Å². The largest absolute Gasteiger partial charge is 0.508 e. The molecule has 0 aliphatic rings. The number of aromatic nitrogens is 3. The Bertz CT molecular complexity index is 739. The van der Waals surface area contributed by atoms with Gasteiger partial charge in [-0.1, -0.05) is 57.5 Å². The highest BCUT2D eigenvalue weighted by atomic mass is 79.9. The Morgan fingerprint density at radius 3 is 2.60 bits per heavy atom. The minimum atomic E-state index is 0.269. The monoisotopic (exact) mass is 329 g/mol. The number of halogens is 1. The molecular weight excluding hydrogens is 318 g/mol. The SMILES string of the molecule is Oc1ccccc1Cn1cc(-c2ccccc2Br)nn1. The van der Waals surface area contributed by atoms with Crippen molar-refractivity contribution in [2.45, 2.75) is 6.54 Å².